The predicted molar refractivity (Wildman–Crippen MR) is 110 cm³/mol. The van der Waals surface area contributed by atoms with E-state index in [0.717, 1.165) is 22.4 Å². The molecule has 0 amide bonds. The maximum Gasteiger partial charge on any atom is 0.200 e. The number of halogens is 2. The van der Waals surface area contributed by atoms with E-state index in [0.29, 0.717) is 26.9 Å². The third-order valence-electron chi connectivity index (χ3n) is 4.01. The molecule has 0 saturated heterocycles. The molecule has 2 aromatic carbocycles. The number of fused-ring (bicyclic) bond motifs is 1. The highest BCUT2D eigenvalue weighted by molar-refractivity contribution is 7.71. The third-order valence-corrected chi connectivity index (χ3v) is 4.75. The van der Waals surface area contributed by atoms with Crippen LogP contribution in [-0.2, 0) is 0 Å². The minimum absolute atomic E-state index is 0.279. The van der Waals surface area contributed by atoms with Gasteiger partial charge in [-0.1, -0.05) is 59.6 Å². The van der Waals surface area contributed by atoms with Gasteiger partial charge in [0.25, 0.3) is 0 Å². The second-order valence-electron chi connectivity index (χ2n) is 5.70. The maximum absolute atomic E-state index is 6.45. The zero-order chi connectivity index (χ0) is 18.3. The molecule has 3 N–H and O–H groups in total. The summed E-state index contributed by atoms with van der Waals surface area (Å²) in [5.74, 6) is 0.396. The molecule has 128 valence electrons. The number of anilines is 1. The van der Waals surface area contributed by atoms with Crippen molar-refractivity contribution < 1.29 is 0 Å². The summed E-state index contributed by atoms with van der Waals surface area (Å²) in [6.07, 6.45) is 0. The van der Waals surface area contributed by atoms with Gasteiger partial charge in [0.15, 0.2) is 10.4 Å². The Morgan fingerprint density at radius 3 is 2.42 bits per heavy atom. The fourth-order valence-corrected chi connectivity index (χ4v) is 3.56. The van der Waals surface area contributed by atoms with Crippen molar-refractivity contribution >= 4 is 52.3 Å². The van der Waals surface area contributed by atoms with Crippen molar-refractivity contribution in [3.8, 4) is 22.4 Å². The molecule has 0 radical (unpaired) electrons. The molecule has 4 nitrogen and oxygen atoms in total. The Kier molecular flexibility index (Phi) is 4.36. The zero-order valence-corrected chi connectivity index (χ0v) is 15.7. The standard InChI is InChI=1S/C19H12Cl2N4S/c20-11-6-7-12(14(21)8-11)13-9-15(10-4-2-1-3-5-10)23-18-16(13)17(22)24-19(26)25-18/h1-9H,(H3,22,23,24,25,26). The fraction of sp³-hybridized carbons (Fsp3) is 0. The van der Waals surface area contributed by atoms with Crippen molar-refractivity contribution in [3.63, 3.8) is 0 Å². The second kappa shape index (κ2) is 6.68. The van der Waals surface area contributed by atoms with Crippen LogP contribution in [0, 0.1) is 4.77 Å². The highest BCUT2D eigenvalue weighted by Gasteiger charge is 2.15. The number of benzene rings is 2. The molecule has 2 heterocycles. The van der Waals surface area contributed by atoms with Crippen LogP contribution in [0.2, 0.25) is 10.0 Å². The number of nitrogens with two attached hydrogens (primary N) is 1. The summed E-state index contributed by atoms with van der Waals surface area (Å²) in [4.78, 5) is 11.9. The normalized spacial score (nSPS) is 11.0. The summed E-state index contributed by atoms with van der Waals surface area (Å²) in [6.45, 7) is 0. The highest BCUT2D eigenvalue weighted by atomic mass is 35.5. The van der Waals surface area contributed by atoms with Crippen LogP contribution >= 0.6 is 35.4 Å². The van der Waals surface area contributed by atoms with Gasteiger partial charge in [-0.2, -0.15) is 4.98 Å². The number of nitrogens with zero attached hydrogens (tertiary/aromatic N) is 2. The van der Waals surface area contributed by atoms with Crippen LogP contribution in [0.1, 0.15) is 0 Å². The van der Waals surface area contributed by atoms with E-state index in [-0.39, 0.29) is 4.77 Å². The first-order chi connectivity index (χ1) is 12.5. The van der Waals surface area contributed by atoms with Crippen LogP contribution in [0.4, 0.5) is 5.82 Å². The number of hydrogen-bond donors (Lipinski definition) is 2. The lowest BCUT2D eigenvalue weighted by molar-refractivity contribution is 1.16. The number of pyridine rings is 1. The van der Waals surface area contributed by atoms with Gasteiger partial charge in [-0.15, -0.1) is 0 Å². The number of aromatic amines is 1. The van der Waals surface area contributed by atoms with Gasteiger partial charge in [-0.05, 0) is 36.0 Å². The molecule has 4 aromatic rings. The Labute approximate surface area is 164 Å². The molecule has 0 atom stereocenters. The molecule has 26 heavy (non-hydrogen) atoms. The Hall–Kier alpha value is -2.47. The first kappa shape index (κ1) is 17.0. The van der Waals surface area contributed by atoms with Crippen molar-refractivity contribution in [2.75, 3.05) is 5.73 Å². The van der Waals surface area contributed by atoms with Gasteiger partial charge in [-0.25, -0.2) is 4.98 Å². The quantitative estimate of drug-likeness (QED) is 0.411. The van der Waals surface area contributed by atoms with Crippen molar-refractivity contribution in [3.05, 3.63) is 69.4 Å². The van der Waals surface area contributed by atoms with E-state index in [2.05, 4.69) is 15.0 Å². The minimum Gasteiger partial charge on any atom is -0.385 e. The SMILES string of the molecule is Nc1[nH]c(=S)nc2nc(-c3ccccc3)cc(-c3ccc(Cl)cc3Cl)c12. The molecule has 0 fully saturated rings. The van der Waals surface area contributed by atoms with Crippen LogP contribution in [0.3, 0.4) is 0 Å². The summed E-state index contributed by atoms with van der Waals surface area (Å²) >= 11 is 17.7. The highest BCUT2D eigenvalue weighted by Crippen LogP contribution is 2.38. The van der Waals surface area contributed by atoms with E-state index in [1.54, 1.807) is 12.1 Å². The van der Waals surface area contributed by atoms with Gasteiger partial charge in [0, 0.05) is 21.2 Å². The van der Waals surface area contributed by atoms with Gasteiger partial charge < -0.3 is 10.7 Å². The lowest BCUT2D eigenvalue weighted by atomic mass is 10.00. The Morgan fingerprint density at radius 1 is 0.923 bits per heavy atom. The lowest BCUT2D eigenvalue weighted by Crippen LogP contribution is -2.00. The third kappa shape index (κ3) is 3.05. The van der Waals surface area contributed by atoms with Crippen LogP contribution in [-0.4, -0.2) is 15.0 Å². The molecule has 0 bridgehead atoms. The number of nitrogen functional groups attached to an aromatic ring is 1. The van der Waals surface area contributed by atoms with Gasteiger partial charge >= 0.3 is 0 Å². The Bertz CT molecular complexity index is 1190. The van der Waals surface area contributed by atoms with Crippen molar-refractivity contribution in [2.45, 2.75) is 0 Å². The largest absolute Gasteiger partial charge is 0.385 e. The molecule has 4 rings (SSSR count). The molecular weight excluding hydrogens is 387 g/mol. The second-order valence-corrected chi connectivity index (χ2v) is 6.93. The number of hydrogen-bond acceptors (Lipinski definition) is 4. The summed E-state index contributed by atoms with van der Waals surface area (Å²) in [7, 11) is 0. The van der Waals surface area contributed by atoms with Gasteiger partial charge in [0.2, 0.25) is 0 Å². The fourth-order valence-electron chi connectivity index (χ4n) is 2.86. The Morgan fingerprint density at radius 2 is 1.69 bits per heavy atom. The van der Waals surface area contributed by atoms with Crippen molar-refractivity contribution in [1.29, 1.82) is 0 Å². The van der Waals surface area contributed by atoms with Crippen LogP contribution < -0.4 is 5.73 Å². The van der Waals surface area contributed by atoms with Crippen LogP contribution in [0.25, 0.3) is 33.4 Å². The number of H-pyrrole nitrogens is 1. The minimum atomic E-state index is 0.279. The summed E-state index contributed by atoms with van der Waals surface area (Å²) < 4.78 is 0.279. The van der Waals surface area contributed by atoms with Gasteiger partial charge in [0.05, 0.1) is 11.1 Å². The Balaban J connectivity index is 2.11. The molecule has 0 aliphatic heterocycles. The smallest absolute Gasteiger partial charge is 0.200 e. The molecule has 0 spiro atoms. The van der Waals surface area contributed by atoms with Crippen molar-refractivity contribution in [1.82, 2.24) is 15.0 Å². The van der Waals surface area contributed by atoms with E-state index < -0.39 is 0 Å². The first-order valence-corrected chi connectivity index (χ1v) is 8.91. The van der Waals surface area contributed by atoms with Crippen molar-refractivity contribution in [2.24, 2.45) is 0 Å². The van der Waals surface area contributed by atoms with Gasteiger partial charge in [0.1, 0.15) is 5.82 Å². The number of aromatic nitrogens is 3. The van der Waals surface area contributed by atoms with Crippen LogP contribution in [0.5, 0.6) is 0 Å². The van der Waals surface area contributed by atoms with E-state index in [4.69, 9.17) is 41.2 Å². The average molecular weight is 399 g/mol. The molecule has 7 heteroatoms. The summed E-state index contributed by atoms with van der Waals surface area (Å²) in [6, 6.07) is 17.1. The molecule has 0 saturated carbocycles. The lowest BCUT2D eigenvalue weighted by Gasteiger charge is -2.13. The zero-order valence-electron chi connectivity index (χ0n) is 13.3. The first-order valence-electron chi connectivity index (χ1n) is 7.74. The molecule has 0 aliphatic carbocycles. The maximum atomic E-state index is 6.45. The number of nitrogens with one attached hydrogen (secondary N) is 1. The van der Waals surface area contributed by atoms with E-state index in [1.807, 2.05) is 42.5 Å². The predicted octanol–water partition coefficient (Wildman–Crippen LogP) is 5.91. The topological polar surface area (TPSA) is 67.6 Å². The molecule has 2 aromatic heterocycles. The van der Waals surface area contributed by atoms with E-state index in [1.165, 1.54) is 0 Å². The van der Waals surface area contributed by atoms with Crippen LogP contribution in [0.15, 0.2) is 54.6 Å². The van der Waals surface area contributed by atoms with E-state index >= 15 is 0 Å². The molecule has 0 unspecified atom stereocenters. The van der Waals surface area contributed by atoms with Gasteiger partial charge in [-0.3, -0.25) is 0 Å². The summed E-state index contributed by atoms with van der Waals surface area (Å²) in [5, 5.41) is 1.75. The molecule has 0 aliphatic rings. The molecular formula is C19H12Cl2N4S. The monoisotopic (exact) mass is 398 g/mol. The summed E-state index contributed by atoms with van der Waals surface area (Å²) in [5.41, 5.74) is 9.98. The van der Waals surface area contributed by atoms with E-state index in [9.17, 15) is 0 Å². The number of rotatable bonds is 2. The average Bonchev–Trinajstić information content (AvgIpc) is 2.61.